The van der Waals surface area contributed by atoms with Gasteiger partial charge in [-0.1, -0.05) is 78.0 Å². The summed E-state index contributed by atoms with van der Waals surface area (Å²) in [5.41, 5.74) is 4.22. The van der Waals surface area contributed by atoms with E-state index in [9.17, 15) is 4.79 Å². The van der Waals surface area contributed by atoms with Crippen molar-refractivity contribution in [3.63, 3.8) is 0 Å². The first kappa shape index (κ1) is 19.0. The van der Waals surface area contributed by atoms with Crippen molar-refractivity contribution in [1.29, 1.82) is 0 Å². The van der Waals surface area contributed by atoms with Crippen LogP contribution in [0.4, 0.5) is 0 Å². The number of carbonyl (C=O) groups excluding carboxylic acids is 1. The van der Waals surface area contributed by atoms with Gasteiger partial charge in [0.1, 0.15) is 16.2 Å². The number of carbonyl (C=O) groups is 1. The Morgan fingerprint density at radius 3 is 2.60 bits per heavy atom. The van der Waals surface area contributed by atoms with Crippen molar-refractivity contribution < 1.29 is 4.79 Å². The Kier molecular flexibility index (Phi) is 5.07. The smallest absolute Gasteiger partial charge is 0.173 e. The molecule has 0 aliphatic heterocycles. The van der Waals surface area contributed by atoms with E-state index in [2.05, 4.69) is 52.6 Å². The summed E-state index contributed by atoms with van der Waals surface area (Å²) >= 11 is 3.09. The van der Waals surface area contributed by atoms with Crippen molar-refractivity contribution in [3.05, 3.63) is 89.6 Å². The molecule has 0 bridgehead atoms. The van der Waals surface area contributed by atoms with Gasteiger partial charge in [0.25, 0.3) is 0 Å². The second-order valence-electron chi connectivity index (χ2n) is 7.15. The van der Waals surface area contributed by atoms with Gasteiger partial charge in [0.2, 0.25) is 0 Å². The van der Waals surface area contributed by atoms with Gasteiger partial charge >= 0.3 is 0 Å². The third-order valence-electron chi connectivity index (χ3n) is 5.11. The van der Waals surface area contributed by atoms with Gasteiger partial charge in [-0.2, -0.15) is 0 Å². The molecular weight excluding hydrogens is 408 g/mol. The minimum absolute atomic E-state index is 0.102. The van der Waals surface area contributed by atoms with E-state index in [0.717, 1.165) is 42.7 Å². The number of thiophene rings is 1. The van der Waals surface area contributed by atoms with Gasteiger partial charge in [-0.15, -0.1) is 11.3 Å². The van der Waals surface area contributed by atoms with Gasteiger partial charge in [0.15, 0.2) is 5.78 Å². The predicted molar refractivity (Wildman–Crippen MR) is 127 cm³/mol. The summed E-state index contributed by atoms with van der Waals surface area (Å²) in [6.45, 7) is 2.08. The molecule has 0 atom stereocenters. The maximum Gasteiger partial charge on any atom is 0.173 e. The topological polar surface area (TPSA) is 42.9 Å². The van der Waals surface area contributed by atoms with Crippen LogP contribution in [0.1, 0.15) is 15.9 Å². The van der Waals surface area contributed by atoms with Gasteiger partial charge < -0.3 is 0 Å². The molecule has 0 unspecified atom stereocenters. The van der Waals surface area contributed by atoms with Crippen molar-refractivity contribution in [2.75, 3.05) is 5.75 Å². The molecule has 2 heterocycles. The van der Waals surface area contributed by atoms with Crippen molar-refractivity contribution >= 4 is 49.9 Å². The van der Waals surface area contributed by atoms with E-state index >= 15 is 0 Å². The quantitative estimate of drug-likeness (QED) is 0.176. The highest BCUT2D eigenvalue weighted by atomic mass is 32.2. The lowest BCUT2D eigenvalue weighted by Crippen LogP contribution is -2.02. The first-order valence-corrected chi connectivity index (χ1v) is 11.5. The van der Waals surface area contributed by atoms with Crippen molar-refractivity contribution in [1.82, 2.24) is 9.97 Å². The monoisotopic (exact) mass is 426 g/mol. The summed E-state index contributed by atoms with van der Waals surface area (Å²) in [6, 6.07) is 22.4. The zero-order valence-corrected chi connectivity index (χ0v) is 18.0. The Morgan fingerprint density at radius 1 is 0.967 bits per heavy atom. The molecule has 0 saturated carbocycles. The zero-order valence-electron chi connectivity index (χ0n) is 16.3. The van der Waals surface area contributed by atoms with Crippen LogP contribution in [0.5, 0.6) is 0 Å². The fourth-order valence-corrected chi connectivity index (χ4v) is 5.37. The molecule has 0 N–H and O–H groups in total. The minimum Gasteiger partial charge on any atom is -0.293 e. The fraction of sp³-hybridized carbons (Fsp3) is 0.0800. The van der Waals surface area contributed by atoms with Crippen molar-refractivity contribution in [3.8, 4) is 11.1 Å². The Morgan fingerprint density at radius 2 is 1.77 bits per heavy atom. The lowest BCUT2D eigenvalue weighted by Gasteiger charge is -2.06. The van der Waals surface area contributed by atoms with Crippen LogP contribution in [-0.2, 0) is 0 Å². The van der Waals surface area contributed by atoms with Crippen LogP contribution in [0, 0.1) is 6.92 Å². The number of aryl methyl sites for hydroxylation is 1. The zero-order chi connectivity index (χ0) is 20.5. The highest BCUT2D eigenvalue weighted by Gasteiger charge is 2.15. The third-order valence-corrected chi connectivity index (χ3v) is 6.99. The molecule has 30 heavy (non-hydrogen) atoms. The summed E-state index contributed by atoms with van der Waals surface area (Å²) in [4.78, 5) is 22.8. The first-order valence-electron chi connectivity index (χ1n) is 9.63. The number of hydrogen-bond donors (Lipinski definition) is 0. The van der Waals surface area contributed by atoms with Gasteiger partial charge in [-0.05, 0) is 29.3 Å². The number of Topliss-reactive ketones (excluding diaryl/α,β-unsaturated/α-hetero) is 1. The SMILES string of the molecule is Cc1ccc(-c2csc3ncnc(SCC(=O)c4ccc5ccccc5c4)c23)cc1. The molecule has 0 aliphatic rings. The Labute approximate surface area is 182 Å². The number of ketones is 1. The van der Waals surface area contributed by atoms with Crippen molar-refractivity contribution in [2.24, 2.45) is 0 Å². The van der Waals surface area contributed by atoms with Crippen LogP contribution < -0.4 is 0 Å². The van der Waals surface area contributed by atoms with E-state index < -0.39 is 0 Å². The summed E-state index contributed by atoms with van der Waals surface area (Å²) in [5.74, 6) is 0.442. The Hall–Kier alpha value is -3.02. The second kappa shape index (κ2) is 8.01. The molecule has 5 aromatic rings. The van der Waals surface area contributed by atoms with E-state index in [-0.39, 0.29) is 5.78 Å². The summed E-state index contributed by atoms with van der Waals surface area (Å²) < 4.78 is 0. The number of thioether (sulfide) groups is 1. The number of benzene rings is 3. The summed E-state index contributed by atoms with van der Waals surface area (Å²) in [6.07, 6.45) is 1.58. The maximum absolute atomic E-state index is 12.9. The Balaban J connectivity index is 1.44. The molecule has 0 aliphatic carbocycles. The average molecular weight is 427 g/mol. The first-order chi connectivity index (χ1) is 14.7. The molecule has 0 fully saturated rings. The number of fused-ring (bicyclic) bond motifs is 2. The van der Waals surface area contributed by atoms with E-state index in [0.29, 0.717) is 5.75 Å². The average Bonchev–Trinajstić information content (AvgIpc) is 3.22. The molecule has 0 amide bonds. The molecule has 3 aromatic carbocycles. The van der Waals surface area contributed by atoms with Gasteiger partial charge in [-0.3, -0.25) is 4.79 Å². The van der Waals surface area contributed by atoms with E-state index in [4.69, 9.17) is 0 Å². The van der Waals surface area contributed by atoms with E-state index in [1.165, 1.54) is 17.3 Å². The molecule has 0 saturated heterocycles. The highest BCUT2D eigenvalue weighted by molar-refractivity contribution is 8.00. The fourth-order valence-electron chi connectivity index (χ4n) is 3.48. The number of aromatic nitrogens is 2. The van der Waals surface area contributed by atoms with Gasteiger partial charge in [0.05, 0.1) is 11.1 Å². The van der Waals surface area contributed by atoms with E-state index in [1.807, 2.05) is 36.4 Å². The molecule has 5 heteroatoms. The summed E-state index contributed by atoms with van der Waals surface area (Å²) in [5, 5.41) is 6.23. The van der Waals surface area contributed by atoms with Crippen LogP contribution in [0.3, 0.4) is 0 Å². The Bertz CT molecular complexity index is 1370. The second-order valence-corrected chi connectivity index (χ2v) is 8.97. The van der Waals surface area contributed by atoms with Crippen LogP contribution in [-0.4, -0.2) is 21.5 Å². The van der Waals surface area contributed by atoms with Crippen LogP contribution in [0.2, 0.25) is 0 Å². The highest BCUT2D eigenvalue weighted by Crippen LogP contribution is 2.38. The van der Waals surface area contributed by atoms with Crippen molar-refractivity contribution in [2.45, 2.75) is 11.9 Å². The minimum atomic E-state index is 0.102. The molecular formula is C25H18N2OS2. The molecule has 146 valence electrons. The standard InChI is InChI=1S/C25H18N2OS2/c1-16-6-8-18(9-7-16)21-13-29-24-23(21)25(27-15-26-24)30-14-22(28)20-11-10-17-4-2-3-5-19(17)12-20/h2-13,15H,14H2,1H3. The third kappa shape index (κ3) is 3.62. The van der Waals surface area contributed by atoms with E-state index in [1.54, 1.807) is 17.7 Å². The van der Waals surface area contributed by atoms with Gasteiger partial charge in [0, 0.05) is 16.5 Å². The van der Waals surface area contributed by atoms with Crippen LogP contribution >= 0.6 is 23.1 Å². The molecule has 2 aromatic heterocycles. The largest absolute Gasteiger partial charge is 0.293 e. The molecule has 3 nitrogen and oxygen atoms in total. The molecule has 0 spiro atoms. The van der Waals surface area contributed by atoms with Crippen LogP contribution in [0.15, 0.2) is 83.5 Å². The lowest BCUT2D eigenvalue weighted by molar-refractivity contribution is 0.102. The van der Waals surface area contributed by atoms with Crippen LogP contribution in [0.25, 0.3) is 32.1 Å². The van der Waals surface area contributed by atoms with Gasteiger partial charge in [-0.25, -0.2) is 9.97 Å². The normalized spacial score (nSPS) is 11.2. The number of rotatable bonds is 5. The molecule has 5 rings (SSSR count). The summed E-state index contributed by atoms with van der Waals surface area (Å²) in [7, 11) is 0. The number of hydrogen-bond acceptors (Lipinski definition) is 5. The number of nitrogens with zero attached hydrogens (tertiary/aromatic N) is 2. The maximum atomic E-state index is 12.9. The predicted octanol–water partition coefficient (Wildman–Crippen LogP) is 6.79. The molecule has 0 radical (unpaired) electrons. The lowest BCUT2D eigenvalue weighted by atomic mass is 10.1.